The van der Waals surface area contributed by atoms with Crippen molar-refractivity contribution in [1.29, 1.82) is 0 Å². The SMILES string of the molecule is O=C(O)CN1CCN(CC(=O)O)CCN(CC(=O)O)CCN(CC(=O)O)CC1.O=C(O)CN1CCN(CC(=O)O)CCN(CC(=O)O)CCN(CC(=O)O)CC1. The molecule has 0 aromatic heterocycles. The van der Waals surface area contributed by atoms with Gasteiger partial charge in [-0.25, -0.2) is 0 Å². The van der Waals surface area contributed by atoms with Crippen molar-refractivity contribution in [3.8, 4) is 0 Å². The molecule has 56 heavy (non-hydrogen) atoms. The Morgan fingerprint density at radius 3 is 0.339 bits per heavy atom. The van der Waals surface area contributed by atoms with Gasteiger partial charge >= 0.3 is 47.8 Å². The summed E-state index contributed by atoms with van der Waals surface area (Å²) in [5.74, 6) is -8.15. The lowest BCUT2D eigenvalue weighted by Gasteiger charge is -2.32. The van der Waals surface area contributed by atoms with Gasteiger partial charge in [-0.3, -0.25) is 77.6 Å². The van der Waals surface area contributed by atoms with Crippen LogP contribution in [0.25, 0.3) is 0 Å². The molecule has 0 saturated carbocycles. The van der Waals surface area contributed by atoms with Crippen molar-refractivity contribution >= 4 is 47.8 Å². The Kier molecular flexibility index (Phi) is 23.9. The fourth-order valence-electron chi connectivity index (χ4n) is 5.95. The van der Waals surface area contributed by atoms with Crippen LogP contribution in [0.1, 0.15) is 0 Å². The van der Waals surface area contributed by atoms with Gasteiger partial charge in [0.2, 0.25) is 0 Å². The van der Waals surface area contributed by atoms with Crippen molar-refractivity contribution < 1.29 is 79.2 Å². The first-order valence-corrected chi connectivity index (χ1v) is 17.8. The van der Waals surface area contributed by atoms with Crippen molar-refractivity contribution in [3.63, 3.8) is 0 Å². The minimum absolute atomic E-state index is 0.229. The smallest absolute Gasteiger partial charge is 0.317 e. The maximum atomic E-state index is 11.1. The van der Waals surface area contributed by atoms with Crippen molar-refractivity contribution in [2.45, 2.75) is 0 Å². The van der Waals surface area contributed by atoms with Crippen LogP contribution in [0.2, 0.25) is 0 Å². The number of carboxylic acids is 8. The minimum atomic E-state index is -1.02. The molecule has 0 unspecified atom stereocenters. The summed E-state index contributed by atoms with van der Waals surface area (Å²) in [4.78, 5) is 102. The van der Waals surface area contributed by atoms with Crippen molar-refractivity contribution in [2.75, 3.05) is 157 Å². The molecule has 2 fully saturated rings. The van der Waals surface area contributed by atoms with E-state index in [0.717, 1.165) is 0 Å². The number of aliphatic carboxylic acids is 8. The quantitative estimate of drug-likeness (QED) is 0.0724. The number of nitrogens with zero attached hydrogens (tertiary/aromatic N) is 8. The zero-order valence-corrected chi connectivity index (χ0v) is 31.4. The van der Waals surface area contributed by atoms with Crippen LogP contribution in [-0.4, -0.2) is 285 Å². The fraction of sp³-hybridized carbons (Fsp3) is 0.750. The lowest BCUT2D eigenvalue weighted by atomic mass is 10.3. The molecule has 2 heterocycles. The third-order valence-corrected chi connectivity index (χ3v) is 8.73. The van der Waals surface area contributed by atoms with Gasteiger partial charge < -0.3 is 40.9 Å². The molecule has 0 bridgehead atoms. The molecule has 0 amide bonds. The van der Waals surface area contributed by atoms with Crippen LogP contribution in [-0.2, 0) is 38.4 Å². The maximum Gasteiger partial charge on any atom is 0.317 e. The Morgan fingerprint density at radius 1 is 0.214 bits per heavy atom. The van der Waals surface area contributed by atoms with Gasteiger partial charge in [0, 0.05) is 105 Å². The van der Waals surface area contributed by atoms with E-state index >= 15 is 0 Å². The van der Waals surface area contributed by atoms with Gasteiger partial charge in [-0.1, -0.05) is 0 Å². The summed E-state index contributed by atoms with van der Waals surface area (Å²) in [7, 11) is 0. The first kappa shape index (κ1) is 49.5. The Labute approximate surface area is 323 Å². The Morgan fingerprint density at radius 2 is 0.286 bits per heavy atom. The van der Waals surface area contributed by atoms with Crippen LogP contribution in [0.4, 0.5) is 0 Å². The average molecular weight is 809 g/mol. The van der Waals surface area contributed by atoms with Crippen LogP contribution in [0.3, 0.4) is 0 Å². The minimum Gasteiger partial charge on any atom is -0.480 e. The molecule has 0 aromatic carbocycles. The predicted molar refractivity (Wildman–Crippen MR) is 193 cm³/mol. The summed E-state index contributed by atoms with van der Waals surface area (Å²) >= 11 is 0. The molecule has 24 nitrogen and oxygen atoms in total. The van der Waals surface area contributed by atoms with E-state index in [1.165, 1.54) is 0 Å². The average Bonchev–Trinajstić information content (AvgIpc) is 3.05. The van der Waals surface area contributed by atoms with Crippen molar-refractivity contribution in [1.82, 2.24) is 39.2 Å². The lowest BCUT2D eigenvalue weighted by Crippen LogP contribution is -2.49. The molecule has 0 atom stereocenters. The molecule has 2 aliphatic rings. The number of hydrogen-bond acceptors (Lipinski definition) is 16. The van der Waals surface area contributed by atoms with E-state index < -0.39 is 47.8 Å². The number of carboxylic acid groups (broad SMARTS) is 8. The van der Waals surface area contributed by atoms with Crippen molar-refractivity contribution in [2.24, 2.45) is 0 Å². The van der Waals surface area contributed by atoms with Gasteiger partial charge in [0.25, 0.3) is 0 Å². The van der Waals surface area contributed by atoms with Gasteiger partial charge in [-0.05, 0) is 0 Å². The Hall–Kier alpha value is -4.56. The predicted octanol–water partition coefficient (Wildman–Crippen LogP) is -4.91. The van der Waals surface area contributed by atoms with Crippen LogP contribution in [0, 0.1) is 0 Å². The second kappa shape index (κ2) is 27.1. The summed E-state index contributed by atoms with van der Waals surface area (Å²) in [6.45, 7) is 3.05. The highest BCUT2D eigenvalue weighted by Crippen LogP contribution is 2.03. The van der Waals surface area contributed by atoms with E-state index in [2.05, 4.69) is 0 Å². The largest absolute Gasteiger partial charge is 0.480 e. The van der Waals surface area contributed by atoms with Gasteiger partial charge in [-0.15, -0.1) is 0 Å². The normalized spacial score (nSPS) is 19.4. The van der Waals surface area contributed by atoms with Crippen LogP contribution < -0.4 is 0 Å². The molecule has 0 aliphatic carbocycles. The molecule has 2 rings (SSSR count). The monoisotopic (exact) mass is 808 g/mol. The van der Waals surface area contributed by atoms with Crippen molar-refractivity contribution in [3.05, 3.63) is 0 Å². The topological polar surface area (TPSA) is 324 Å². The summed E-state index contributed by atoms with van der Waals surface area (Å²) in [5.41, 5.74) is 0. The number of carbonyl (C=O) groups is 8. The Bertz CT molecular complexity index is 990. The molecule has 320 valence electrons. The highest BCUT2D eigenvalue weighted by molar-refractivity contribution is 5.71. The van der Waals surface area contributed by atoms with Gasteiger partial charge in [-0.2, -0.15) is 0 Å². The molecule has 8 N–H and O–H groups in total. The summed E-state index contributed by atoms with van der Waals surface area (Å²) in [6, 6.07) is 0. The van der Waals surface area contributed by atoms with Crippen LogP contribution in [0.5, 0.6) is 0 Å². The van der Waals surface area contributed by atoms with E-state index in [-0.39, 0.29) is 52.4 Å². The number of rotatable bonds is 16. The molecule has 0 radical (unpaired) electrons. The zero-order chi connectivity index (χ0) is 42.2. The summed E-state index contributed by atoms with van der Waals surface area (Å²) in [5, 5.41) is 72.6. The molecule has 24 heteroatoms. The molecular formula is C32H56N8O16. The van der Waals surface area contributed by atoms with Gasteiger partial charge in [0.15, 0.2) is 0 Å². The van der Waals surface area contributed by atoms with Crippen LogP contribution in [0.15, 0.2) is 0 Å². The third-order valence-electron chi connectivity index (χ3n) is 8.73. The van der Waals surface area contributed by atoms with E-state index in [4.69, 9.17) is 40.9 Å². The zero-order valence-electron chi connectivity index (χ0n) is 31.4. The molecule has 2 aliphatic heterocycles. The van der Waals surface area contributed by atoms with Gasteiger partial charge in [0.05, 0.1) is 52.4 Å². The molecular weight excluding hydrogens is 752 g/mol. The molecule has 0 spiro atoms. The second-order valence-corrected chi connectivity index (χ2v) is 13.4. The highest BCUT2D eigenvalue weighted by atomic mass is 16.4. The van der Waals surface area contributed by atoms with E-state index in [9.17, 15) is 38.4 Å². The summed E-state index contributed by atoms with van der Waals surface area (Å²) < 4.78 is 0. The Balaban J connectivity index is 0.000000560. The number of hydrogen-bond donors (Lipinski definition) is 8. The maximum absolute atomic E-state index is 11.1. The van der Waals surface area contributed by atoms with Gasteiger partial charge in [0.1, 0.15) is 0 Å². The summed E-state index contributed by atoms with van der Waals surface area (Å²) in [6.07, 6.45) is 0. The first-order valence-electron chi connectivity index (χ1n) is 17.8. The lowest BCUT2D eigenvalue weighted by molar-refractivity contribution is -0.141. The first-order chi connectivity index (χ1) is 26.3. The molecule has 2 saturated heterocycles. The fourth-order valence-corrected chi connectivity index (χ4v) is 5.95. The van der Waals surface area contributed by atoms with Crippen LogP contribution >= 0.6 is 0 Å². The van der Waals surface area contributed by atoms with E-state index in [1.807, 2.05) is 0 Å². The standard InChI is InChI=1S/2C16H28N4O8/c2*21-13(22)9-17-1-2-18(10-14(23)24)5-6-20(12-16(27)28)8-7-19(4-3-17)11-15(25)26/h2*1-12H2,(H,21,22)(H,23,24)(H,25,26)(H,27,28). The third kappa shape index (κ3) is 25.5. The second-order valence-electron chi connectivity index (χ2n) is 13.4. The highest BCUT2D eigenvalue weighted by Gasteiger charge is 2.23. The van der Waals surface area contributed by atoms with E-state index in [1.54, 1.807) is 39.2 Å². The molecule has 0 aromatic rings. The van der Waals surface area contributed by atoms with E-state index in [0.29, 0.717) is 105 Å².